The van der Waals surface area contributed by atoms with E-state index in [1.165, 1.54) is 11.0 Å². The summed E-state index contributed by atoms with van der Waals surface area (Å²) in [5, 5.41) is 16.7. The molecule has 1 heterocycles. The molecule has 3 aromatic rings. The van der Waals surface area contributed by atoms with Gasteiger partial charge in [-0.3, -0.25) is 4.79 Å². The minimum absolute atomic E-state index is 0.0399. The topological polar surface area (TPSA) is 128 Å². The van der Waals surface area contributed by atoms with Crippen LogP contribution in [0.15, 0.2) is 54.9 Å². The highest BCUT2D eigenvalue weighted by molar-refractivity contribution is 6.31. The van der Waals surface area contributed by atoms with Crippen LogP contribution in [0, 0.1) is 0 Å². The van der Waals surface area contributed by atoms with Gasteiger partial charge in [-0.25, -0.2) is 9.48 Å². The highest BCUT2D eigenvalue weighted by Gasteiger charge is 2.20. The van der Waals surface area contributed by atoms with E-state index in [4.69, 9.17) is 17.3 Å². The van der Waals surface area contributed by atoms with Gasteiger partial charge in [0.05, 0.1) is 18.2 Å². The first-order valence-corrected chi connectivity index (χ1v) is 8.34. The van der Waals surface area contributed by atoms with E-state index in [2.05, 4.69) is 26.2 Å². The van der Waals surface area contributed by atoms with Gasteiger partial charge in [0.25, 0.3) is 0 Å². The van der Waals surface area contributed by atoms with Crippen LogP contribution in [0.25, 0.3) is 5.69 Å². The molecule has 1 unspecified atom stereocenters. The van der Waals surface area contributed by atoms with Crippen molar-refractivity contribution in [1.82, 2.24) is 25.5 Å². The molecular weight excluding hydrogens is 370 g/mol. The molecule has 0 bridgehead atoms. The number of hydrogen-bond acceptors (Lipinski definition) is 5. The number of nitrogens with zero attached hydrogens (tertiary/aromatic N) is 4. The molecular formula is C17H16ClN7O2. The van der Waals surface area contributed by atoms with Crippen molar-refractivity contribution in [1.29, 1.82) is 0 Å². The van der Waals surface area contributed by atoms with Crippen LogP contribution in [-0.4, -0.2) is 32.1 Å². The standard InChI is InChI=1S/C17H16ClN7O2/c18-14-7-2-1-6-13(14)15(22-17(19)27)9-16(26)21-11-4-3-5-12(8-11)25-10-20-23-24-25/h1-8,10,15H,9H2,(H,21,26)(H3,19,22,27). The van der Waals surface area contributed by atoms with E-state index in [0.29, 0.717) is 22.0 Å². The number of anilines is 1. The Labute approximate surface area is 159 Å². The summed E-state index contributed by atoms with van der Waals surface area (Å²) in [5.41, 5.74) is 7.09. The van der Waals surface area contributed by atoms with Crippen LogP contribution < -0.4 is 16.4 Å². The number of amides is 3. The highest BCUT2D eigenvalue weighted by Crippen LogP contribution is 2.25. The molecule has 0 spiro atoms. The summed E-state index contributed by atoms with van der Waals surface area (Å²) in [6.45, 7) is 0. The lowest BCUT2D eigenvalue weighted by Gasteiger charge is -2.19. The fraction of sp³-hybridized carbons (Fsp3) is 0.118. The number of nitrogens with two attached hydrogens (primary N) is 1. The van der Waals surface area contributed by atoms with Gasteiger partial charge in [0, 0.05) is 10.7 Å². The number of halogens is 1. The molecule has 0 saturated heterocycles. The lowest BCUT2D eigenvalue weighted by Crippen LogP contribution is -2.35. The number of benzene rings is 2. The van der Waals surface area contributed by atoms with Crippen molar-refractivity contribution in [2.45, 2.75) is 12.5 Å². The molecule has 138 valence electrons. The van der Waals surface area contributed by atoms with Gasteiger partial charge >= 0.3 is 6.03 Å². The first-order chi connectivity index (χ1) is 13.0. The highest BCUT2D eigenvalue weighted by atomic mass is 35.5. The summed E-state index contributed by atoms with van der Waals surface area (Å²) >= 11 is 6.18. The number of carbonyl (C=O) groups is 2. The third-order valence-corrected chi connectivity index (χ3v) is 4.07. The van der Waals surface area contributed by atoms with E-state index < -0.39 is 12.1 Å². The van der Waals surface area contributed by atoms with Crippen molar-refractivity contribution >= 4 is 29.2 Å². The molecule has 1 atom stereocenters. The number of nitrogens with one attached hydrogen (secondary N) is 2. The lowest BCUT2D eigenvalue weighted by atomic mass is 10.0. The van der Waals surface area contributed by atoms with Crippen LogP contribution in [0.2, 0.25) is 5.02 Å². The van der Waals surface area contributed by atoms with E-state index >= 15 is 0 Å². The Morgan fingerprint density at radius 2 is 2.00 bits per heavy atom. The fourth-order valence-electron chi connectivity index (χ4n) is 2.57. The predicted octanol–water partition coefficient (Wildman–Crippen LogP) is 2.05. The molecule has 9 nitrogen and oxygen atoms in total. The molecule has 27 heavy (non-hydrogen) atoms. The zero-order valence-corrected chi connectivity index (χ0v) is 14.8. The zero-order chi connectivity index (χ0) is 19.2. The SMILES string of the molecule is NC(=O)NC(CC(=O)Nc1cccc(-n2cnnn2)c1)c1ccccc1Cl. The van der Waals surface area contributed by atoms with Gasteiger partial charge in [0.2, 0.25) is 5.91 Å². The third kappa shape index (κ3) is 4.79. The van der Waals surface area contributed by atoms with Crippen LogP contribution in [0.4, 0.5) is 10.5 Å². The van der Waals surface area contributed by atoms with Gasteiger partial charge in [-0.1, -0.05) is 35.9 Å². The van der Waals surface area contributed by atoms with E-state index in [-0.39, 0.29) is 12.3 Å². The first kappa shape index (κ1) is 18.3. The summed E-state index contributed by atoms with van der Waals surface area (Å²) < 4.78 is 1.47. The average Bonchev–Trinajstić information content (AvgIpc) is 3.16. The van der Waals surface area contributed by atoms with Gasteiger partial charge in [-0.15, -0.1) is 5.10 Å². The van der Waals surface area contributed by atoms with Gasteiger partial charge in [0.15, 0.2) is 0 Å². The first-order valence-electron chi connectivity index (χ1n) is 7.96. The molecule has 0 saturated carbocycles. The summed E-state index contributed by atoms with van der Waals surface area (Å²) in [7, 11) is 0. The van der Waals surface area contributed by atoms with Crippen LogP contribution in [-0.2, 0) is 4.79 Å². The van der Waals surface area contributed by atoms with Gasteiger partial charge < -0.3 is 16.4 Å². The van der Waals surface area contributed by atoms with E-state index in [0.717, 1.165) is 0 Å². The maximum absolute atomic E-state index is 12.5. The second-order valence-electron chi connectivity index (χ2n) is 5.64. The third-order valence-electron chi connectivity index (χ3n) is 3.73. The number of carbonyl (C=O) groups excluding carboxylic acids is 2. The molecule has 0 aliphatic heterocycles. The Balaban J connectivity index is 1.74. The molecule has 1 aromatic heterocycles. The molecule has 3 amide bonds. The Hall–Kier alpha value is -3.46. The fourth-order valence-corrected chi connectivity index (χ4v) is 2.84. The van der Waals surface area contributed by atoms with Crippen LogP contribution in [0.5, 0.6) is 0 Å². The van der Waals surface area contributed by atoms with Crippen molar-refractivity contribution in [3.8, 4) is 5.69 Å². The smallest absolute Gasteiger partial charge is 0.312 e. The molecule has 2 aromatic carbocycles. The molecule has 10 heteroatoms. The predicted molar refractivity (Wildman–Crippen MR) is 99.3 cm³/mol. The van der Waals surface area contributed by atoms with Crippen molar-refractivity contribution in [3.05, 3.63) is 65.4 Å². The van der Waals surface area contributed by atoms with Crippen LogP contribution in [0.1, 0.15) is 18.0 Å². The Kier molecular flexibility index (Phi) is 5.62. The summed E-state index contributed by atoms with van der Waals surface area (Å²) in [6, 6.07) is 12.6. The summed E-state index contributed by atoms with van der Waals surface area (Å²) in [5.74, 6) is -0.317. The largest absolute Gasteiger partial charge is 0.352 e. The second kappa shape index (κ2) is 8.28. The molecule has 4 N–H and O–H groups in total. The Morgan fingerprint density at radius 1 is 1.19 bits per heavy atom. The molecule has 0 aliphatic rings. The van der Waals surface area contributed by atoms with Gasteiger partial charge in [-0.2, -0.15) is 0 Å². The van der Waals surface area contributed by atoms with Gasteiger partial charge in [-0.05, 0) is 40.3 Å². The minimum atomic E-state index is -0.742. The monoisotopic (exact) mass is 385 g/mol. The van der Waals surface area contributed by atoms with Crippen LogP contribution >= 0.6 is 11.6 Å². The summed E-state index contributed by atoms with van der Waals surface area (Å²) in [4.78, 5) is 23.8. The van der Waals surface area contributed by atoms with E-state index in [1.54, 1.807) is 48.5 Å². The van der Waals surface area contributed by atoms with Crippen molar-refractivity contribution in [2.24, 2.45) is 5.73 Å². The number of urea groups is 1. The van der Waals surface area contributed by atoms with E-state index in [9.17, 15) is 9.59 Å². The van der Waals surface area contributed by atoms with Crippen molar-refractivity contribution < 1.29 is 9.59 Å². The number of tetrazole rings is 1. The molecule has 0 aliphatic carbocycles. The lowest BCUT2D eigenvalue weighted by molar-refractivity contribution is -0.116. The quantitative estimate of drug-likeness (QED) is 0.598. The van der Waals surface area contributed by atoms with Crippen LogP contribution in [0.3, 0.4) is 0 Å². The van der Waals surface area contributed by atoms with Gasteiger partial charge in [0.1, 0.15) is 6.33 Å². The molecule has 0 radical (unpaired) electrons. The van der Waals surface area contributed by atoms with E-state index in [1.807, 2.05) is 0 Å². The van der Waals surface area contributed by atoms with Crippen molar-refractivity contribution in [3.63, 3.8) is 0 Å². The second-order valence-corrected chi connectivity index (χ2v) is 6.05. The summed E-state index contributed by atoms with van der Waals surface area (Å²) in [6.07, 6.45) is 1.41. The molecule has 0 fully saturated rings. The normalized spacial score (nSPS) is 11.6. The minimum Gasteiger partial charge on any atom is -0.352 e. The maximum Gasteiger partial charge on any atom is 0.312 e. The average molecular weight is 386 g/mol. The Bertz CT molecular complexity index is 946. The molecule has 3 rings (SSSR count). The number of aromatic nitrogens is 4. The number of rotatable bonds is 6. The number of primary amides is 1. The zero-order valence-electron chi connectivity index (χ0n) is 14.0. The number of hydrogen-bond donors (Lipinski definition) is 3. The maximum atomic E-state index is 12.5. The van der Waals surface area contributed by atoms with Crippen molar-refractivity contribution in [2.75, 3.05) is 5.32 Å². The Morgan fingerprint density at radius 3 is 2.70 bits per heavy atom.